The fraction of sp³-hybridized carbons (Fsp3) is 0.167. The van der Waals surface area contributed by atoms with E-state index in [1.807, 2.05) is 30.3 Å². The van der Waals surface area contributed by atoms with Crippen LogP contribution in [-0.4, -0.2) is 12.6 Å². The van der Waals surface area contributed by atoms with E-state index in [0.29, 0.717) is 16.7 Å². The Kier molecular flexibility index (Phi) is 4.88. The van der Waals surface area contributed by atoms with Crippen LogP contribution in [0.1, 0.15) is 23.6 Å². The van der Waals surface area contributed by atoms with Gasteiger partial charge in [-0.1, -0.05) is 42.5 Å². The quantitative estimate of drug-likeness (QED) is 0.477. The first-order valence-electron chi connectivity index (χ1n) is 6.82. The van der Waals surface area contributed by atoms with Gasteiger partial charge in [0.2, 0.25) is 0 Å². The summed E-state index contributed by atoms with van der Waals surface area (Å²) >= 11 is 0. The molecule has 0 N–H and O–H groups in total. The average molecular weight is 284 g/mol. The molecule has 0 atom stereocenters. The van der Waals surface area contributed by atoms with Gasteiger partial charge in [0, 0.05) is 0 Å². The van der Waals surface area contributed by atoms with Crippen LogP contribution in [0, 0.1) is 12.7 Å². The van der Waals surface area contributed by atoms with E-state index in [-0.39, 0.29) is 12.4 Å². The first-order valence-corrected chi connectivity index (χ1v) is 6.82. The third-order valence-corrected chi connectivity index (χ3v) is 3.09. The van der Waals surface area contributed by atoms with E-state index in [9.17, 15) is 9.18 Å². The van der Waals surface area contributed by atoms with Crippen LogP contribution in [0.4, 0.5) is 4.39 Å². The third kappa shape index (κ3) is 3.78. The summed E-state index contributed by atoms with van der Waals surface area (Å²) in [6.45, 7) is 3.71. The molecule has 0 saturated heterocycles. The molecule has 2 nitrogen and oxygen atoms in total. The lowest BCUT2D eigenvalue weighted by molar-refractivity contribution is -0.136. The minimum Gasteiger partial charge on any atom is -0.462 e. The SMILES string of the molecule is CCOC(=O)/C(=C\c1ccccc1)c1ccc(C)c(F)c1. The van der Waals surface area contributed by atoms with E-state index in [1.165, 1.54) is 6.07 Å². The molecule has 0 radical (unpaired) electrons. The summed E-state index contributed by atoms with van der Waals surface area (Å²) in [4.78, 5) is 12.1. The maximum Gasteiger partial charge on any atom is 0.338 e. The van der Waals surface area contributed by atoms with E-state index < -0.39 is 5.97 Å². The molecule has 0 saturated carbocycles. The second-order valence-electron chi connectivity index (χ2n) is 4.65. The standard InChI is InChI=1S/C18H17FO2/c1-3-21-18(20)16(11-14-7-5-4-6-8-14)15-10-9-13(2)17(19)12-15/h4-12H,3H2,1-2H3/b16-11-. The van der Waals surface area contributed by atoms with E-state index in [4.69, 9.17) is 4.74 Å². The van der Waals surface area contributed by atoms with Gasteiger partial charge < -0.3 is 4.74 Å². The molecule has 0 spiro atoms. The molecule has 2 aromatic rings. The normalized spacial score (nSPS) is 11.3. The van der Waals surface area contributed by atoms with E-state index in [2.05, 4.69) is 0 Å². The van der Waals surface area contributed by atoms with E-state index in [0.717, 1.165) is 5.56 Å². The van der Waals surface area contributed by atoms with Gasteiger partial charge >= 0.3 is 5.97 Å². The molecule has 0 aliphatic carbocycles. The van der Waals surface area contributed by atoms with Gasteiger partial charge in [-0.05, 0) is 42.7 Å². The van der Waals surface area contributed by atoms with Gasteiger partial charge in [0.15, 0.2) is 0 Å². The Morgan fingerprint density at radius 2 is 1.90 bits per heavy atom. The van der Waals surface area contributed by atoms with Crippen LogP contribution in [0.15, 0.2) is 48.5 Å². The number of aryl methyl sites for hydroxylation is 1. The summed E-state index contributed by atoms with van der Waals surface area (Å²) in [6.07, 6.45) is 1.71. The molecule has 0 amide bonds. The second kappa shape index (κ2) is 6.84. The van der Waals surface area contributed by atoms with Crippen molar-refractivity contribution in [3.05, 3.63) is 71.0 Å². The molecular formula is C18H17FO2. The van der Waals surface area contributed by atoms with Gasteiger partial charge in [-0.3, -0.25) is 0 Å². The van der Waals surface area contributed by atoms with Crippen LogP contribution in [0.2, 0.25) is 0 Å². The zero-order valence-corrected chi connectivity index (χ0v) is 12.1. The summed E-state index contributed by atoms with van der Waals surface area (Å²) in [7, 11) is 0. The van der Waals surface area contributed by atoms with Crippen LogP contribution >= 0.6 is 0 Å². The fourth-order valence-electron chi connectivity index (χ4n) is 1.95. The van der Waals surface area contributed by atoms with Gasteiger partial charge in [-0.25, -0.2) is 9.18 Å². The van der Waals surface area contributed by atoms with Gasteiger partial charge in [0.25, 0.3) is 0 Å². The zero-order chi connectivity index (χ0) is 15.2. The van der Waals surface area contributed by atoms with Crippen LogP contribution < -0.4 is 0 Å². The van der Waals surface area contributed by atoms with Crippen molar-refractivity contribution >= 4 is 17.6 Å². The van der Waals surface area contributed by atoms with Crippen molar-refractivity contribution in [3.63, 3.8) is 0 Å². The number of hydrogen-bond acceptors (Lipinski definition) is 2. The van der Waals surface area contributed by atoms with Gasteiger partial charge in [0.1, 0.15) is 5.82 Å². The Hall–Kier alpha value is -2.42. The molecule has 0 heterocycles. The van der Waals surface area contributed by atoms with Gasteiger partial charge in [-0.15, -0.1) is 0 Å². The molecule has 0 aromatic heterocycles. The van der Waals surface area contributed by atoms with Gasteiger partial charge in [0.05, 0.1) is 12.2 Å². The van der Waals surface area contributed by atoms with E-state index >= 15 is 0 Å². The number of benzene rings is 2. The minimum atomic E-state index is -0.454. The molecule has 0 unspecified atom stereocenters. The molecule has 0 fully saturated rings. The molecule has 0 aliphatic heterocycles. The van der Waals surface area contributed by atoms with Crippen molar-refractivity contribution in [2.45, 2.75) is 13.8 Å². The second-order valence-corrected chi connectivity index (χ2v) is 4.65. The number of halogens is 1. The number of esters is 1. The number of carbonyl (C=O) groups is 1. The molecular weight excluding hydrogens is 267 g/mol. The third-order valence-electron chi connectivity index (χ3n) is 3.09. The Morgan fingerprint density at radius 3 is 2.52 bits per heavy atom. The first kappa shape index (κ1) is 15.0. The summed E-state index contributed by atoms with van der Waals surface area (Å²) in [5.41, 5.74) is 2.27. The summed E-state index contributed by atoms with van der Waals surface area (Å²) in [5.74, 6) is -0.791. The summed E-state index contributed by atoms with van der Waals surface area (Å²) in [6, 6.07) is 14.2. The Balaban J connectivity index is 2.48. The molecule has 0 bridgehead atoms. The molecule has 3 heteroatoms. The van der Waals surface area contributed by atoms with Crippen LogP contribution in [0.3, 0.4) is 0 Å². The fourth-order valence-corrected chi connectivity index (χ4v) is 1.95. The molecule has 108 valence electrons. The lowest BCUT2D eigenvalue weighted by Gasteiger charge is -2.09. The highest BCUT2D eigenvalue weighted by atomic mass is 19.1. The topological polar surface area (TPSA) is 26.3 Å². The van der Waals surface area contributed by atoms with Crippen molar-refractivity contribution < 1.29 is 13.9 Å². The Labute approximate surface area is 123 Å². The highest BCUT2D eigenvalue weighted by Crippen LogP contribution is 2.22. The van der Waals surface area contributed by atoms with Crippen molar-refractivity contribution in [2.24, 2.45) is 0 Å². The monoisotopic (exact) mass is 284 g/mol. The molecule has 2 aromatic carbocycles. The molecule has 2 rings (SSSR count). The summed E-state index contributed by atoms with van der Waals surface area (Å²) in [5, 5.41) is 0. The predicted octanol–water partition coefficient (Wildman–Crippen LogP) is 4.24. The van der Waals surface area contributed by atoms with Gasteiger partial charge in [-0.2, -0.15) is 0 Å². The number of rotatable bonds is 4. The summed E-state index contributed by atoms with van der Waals surface area (Å²) < 4.78 is 18.8. The largest absolute Gasteiger partial charge is 0.462 e. The predicted molar refractivity (Wildman–Crippen MR) is 82.1 cm³/mol. The maximum absolute atomic E-state index is 13.7. The van der Waals surface area contributed by atoms with Crippen LogP contribution in [0.5, 0.6) is 0 Å². The van der Waals surface area contributed by atoms with Crippen molar-refractivity contribution in [1.29, 1.82) is 0 Å². The maximum atomic E-state index is 13.7. The van der Waals surface area contributed by atoms with Crippen molar-refractivity contribution in [2.75, 3.05) is 6.61 Å². The first-order chi connectivity index (χ1) is 10.1. The molecule has 21 heavy (non-hydrogen) atoms. The lowest BCUT2D eigenvalue weighted by atomic mass is 10.0. The van der Waals surface area contributed by atoms with E-state index in [1.54, 1.807) is 32.1 Å². The highest BCUT2D eigenvalue weighted by Gasteiger charge is 2.14. The minimum absolute atomic E-state index is 0.277. The van der Waals surface area contributed by atoms with Crippen molar-refractivity contribution in [1.82, 2.24) is 0 Å². The number of carbonyl (C=O) groups excluding carboxylic acids is 1. The van der Waals surface area contributed by atoms with Crippen molar-refractivity contribution in [3.8, 4) is 0 Å². The number of hydrogen-bond donors (Lipinski definition) is 0. The zero-order valence-electron chi connectivity index (χ0n) is 12.1. The van der Waals surface area contributed by atoms with Crippen LogP contribution in [0.25, 0.3) is 11.6 Å². The number of ether oxygens (including phenoxy) is 1. The molecule has 0 aliphatic rings. The lowest BCUT2D eigenvalue weighted by Crippen LogP contribution is -2.07. The Bertz CT molecular complexity index is 660. The Morgan fingerprint density at radius 1 is 1.19 bits per heavy atom. The smallest absolute Gasteiger partial charge is 0.338 e. The average Bonchev–Trinajstić information content (AvgIpc) is 2.49. The highest BCUT2D eigenvalue weighted by molar-refractivity contribution is 6.21. The van der Waals surface area contributed by atoms with Crippen LogP contribution in [-0.2, 0) is 9.53 Å².